The Kier molecular flexibility index (Phi) is 9.88. The molecule has 3 amide bonds. The summed E-state index contributed by atoms with van der Waals surface area (Å²) in [7, 11) is 0. The van der Waals surface area contributed by atoms with E-state index < -0.39 is 65.6 Å². The summed E-state index contributed by atoms with van der Waals surface area (Å²) in [6.45, 7) is 6.89. The van der Waals surface area contributed by atoms with Gasteiger partial charge >= 0.3 is 18.2 Å². The molecule has 2 heterocycles. The van der Waals surface area contributed by atoms with Crippen LogP contribution in [0.2, 0.25) is 0 Å². The summed E-state index contributed by atoms with van der Waals surface area (Å²) < 4.78 is 47.9. The number of halogens is 3. The number of benzene rings is 1. The minimum absolute atomic E-state index is 0.00981. The number of hydrogen-bond acceptors (Lipinski definition) is 8. The van der Waals surface area contributed by atoms with Crippen molar-refractivity contribution in [1.29, 1.82) is 0 Å². The number of amides is 3. The number of alkyl halides is 3. The minimum Gasteiger partial charge on any atom is -0.445 e. The van der Waals surface area contributed by atoms with Crippen LogP contribution >= 0.6 is 0 Å². The number of ether oxygens (including phenoxy) is 1. The molecule has 1 fully saturated rings. The molecule has 0 saturated carbocycles. The Morgan fingerprint density at radius 3 is 2.27 bits per heavy atom. The van der Waals surface area contributed by atoms with Gasteiger partial charge < -0.3 is 24.8 Å². The Labute approximate surface area is 228 Å². The fraction of sp³-hybridized carbons (Fsp3) is 0.538. The Bertz CT molecular complexity index is 1200. The van der Waals surface area contributed by atoms with E-state index in [1.165, 1.54) is 4.90 Å². The summed E-state index contributed by atoms with van der Waals surface area (Å²) in [5.74, 6) is -5.49. The molecule has 1 aromatic carbocycles. The van der Waals surface area contributed by atoms with Gasteiger partial charge in [-0.1, -0.05) is 63.2 Å². The number of nitrogens with zero attached hydrogens (tertiary/aromatic N) is 3. The van der Waals surface area contributed by atoms with Crippen LogP contribution in [0.1, 0.15) is 62.6 Å². The number of nitrogens with one attached hydrogen (secondary N) is 2. The third-order valence-corrected chi connectivity index (χ3v) is 6.39. The van der Waals surface area contributed by atoms with E-state index in [0.29, 0.717) is 12.8 Å². The molecule has 1 aliphatic rings. The Hall–Kier alpha value is -3.97. The molecule has 11 nitrogen and oxygen atoms in total. The van der Waals surface area contributed by atoms with Crippen molar-refractivity contribution < 1.29 is 41.6 Å². The van der Waals surface area contributed by atoms with Gasteiger partial charge in [0.15, 0.2) is 0 Å². The van der Waals surface area contributed by atoms with Crippen molar-refractivity contribution in [3.8, 4) is 0 Å². The second kappa shape index (κ2) is 12.9. The molecule has 218 valence electrons. The van der Waals surface area contributed by atoms with Gasteiger partial charge in [-0.15, -0.1) is 0 Å². The van der Waals surface area contributed by atoms with E-state index in [0.717, 1.165) is 5.56 Å². The minimum atomic E-state index is -4.93. The van der Waals surface area contributed by atoms with E-state index in [1.54, 1.807) is 52.0 Å². The standard InChI is InChI=1S/C26H32F3N5O6/c1-14(2)18(20(35)21-32-24(40-33-21)26(27,28)29)30-22(36)17-11-8-12-34(17)23(37)19(15(3)4)31-25(38)39-13-16-9-6-5-7-10-16/h5-7,9-10,14-15,17-19H,8,11-13H2,1-4H3,(H,30,36)(H,31,38)/t17?,18-,19+/m1/s1. The van der Waals surface area contributed by atoms with E-state index in [2.05, 4.69) is 25.3 Å². The SMILES string of the molecule is CC(C)[C@H](NC(=O)OCc1ccccc1)C(=O)N1CCCC1C(=O)N[C@@H](C(=O)c1noc(C(F)(F)F)n1)C(C)C. The number of aromatic nitrogens is 2. The third kappa shape index (κ3) is 7.57. The lowest BCUT2D eigenvalue weighted by molar-refractivity contribution is -0.159. The molecule has 0 aliphatic carbocycles. The fourth-order valence-electron chi connectivity index (χ4n) is 4.25. The summed E-state index contributed by atoms with van der Waals surface area (Å²) in [5.41, 5.74) is 0.769. The lowest BCUT2D eigenvalue weighted by Gasteiger charge is -2.31. The van der Waals surface area contributed by atoms with Gasteiger partial charge in [-0.2, -0.15) is 18.2 Å². The van der Waals surface area contributed by atoms with Gasteiger partial charge in [-0.3, -0.25) is 14.4 Å². The largest absolute Gasteiger partial charge is 0.471 e. The zero-order valence-electron chi connectivity index (χ0n) is 22.5. The number of likely N-dealkylation sites (tertiary alicyclic amines) is 1. The zero-order valence-corrected chi connectivity index (χ0v) is 22.5. The van der Waals surface area contributed by atoms with Crippen LogP contribution in [0.4, 0.5) is 18.0 Å². The van der Waals surface area contributed by atoms with Crippen molar-refractivity contribution >= 4 is 23.7 Å². The van der Waals surface area contributed by atoms with E-state index in [1.807, 2.05) is 6.07 Å². The summed E-state index contributed by atoms with van der Waals surface area (Å²) in [4.78, 5) is 56.5. The summed E-state index contributed by atoms with van der Waals surface area (Å²) in [6.07, 6.45) is -4.94. The second-order valence-electron chi connectivity index (χ2n) is 10.1. The number of ketones is 1. The maximum atomic E-state index is 13.5. The molecule has 14 heteroatoms. The monoisotopic (exact) mass is 567 g/mol. The molecule has 1 unspecified atom stereocenters. The van der Waals surface area contributed by atoms with Crippen LogP contribution in [-0.2, 0) is 27.1 Å². The van der Waals surface area contributed by atoms with Crippen LogP contribution in [0.3, 0.4) is 0 Å². The highest BCUT2D eigenvalue weighted by molar-refractivity contribution is 6.00. The van der Waals surface area contributed by atoms with Crippen LogP contribution in [0.15, 0.2) is 34.9 Å². The molecule has 2 N–H and O–H groups in total. The summed E-state index contributed by atoms with van der Waals surface area (Å²) in [5, 5.41) is 8.23. The first-order valence-electron chi connectivity index (χ1n) is 12.8. The molecule has 1 saturated heterocycles. The average Bonchev–Trinajstić information content (AvgIpc) is 3.59. The molecule has 1 aromatic heterocycles. The maximum absolute atomic E-state index is 13.5. The molecule has 40 heavy (non-hydrogen) atoms. The quantitative estimate of drug-likeness (QED) is 0.416. The molecule has 1 aliphatic heterocycles. The van der Waals surface area contributed by atoms with Crippen LogP contribution in [0, 0.1) is 11.8 Å². The van der Waals surface area contributed by atoms with Gasteiger partial charge in [-0.05, 0) is 30.2 Å². The van der Waals surface area contributed by atoms with Crippen molar-refractivity contribution in [2.75, 3.05) is 6.54 Å². The van der Waals surface area contributed by atoms with Gasteiger partial charge in [0.2, 0.25) is 23.4 Å². The molecular weight excluding hydrogens is 535 g/mol. The van der Waals surface area contributed by atoms with Gasteiger partial charge in [0.1, 0.15) is 18.7 Å². The highest BCUT2D eigenvalue weighted by Crippen LogP contribution is 2.28. The first-order valence-corrected chi connectivity index (χ1v) is 12.8. The maximum Gasteiger partial charge on any atom is 0.471 e. The predicted octanol–water partition coefficient (Wildman–Crippen LogP) is 3.35. The van der Waals surface area contributed by atoms with Crippen molar-refractivity contribution in [3.63, 3.8) is 0 Å². The molecule has 0 bridgehead atoms. The van der Waals surface area contributed by atoms with E-state index in [4.69, 9.17) is 4.74 Å². The van der Waals surface area contributed by atoms with E-state index in [9.17, 15) is 32.3 Å². The van der Waals surface area contributed by atoms with Crippen molar-refractivity contribution in [2.45, 2.75) is 71.4 Å². The molecule has 3 rings (SSSR count). The van der Waals surface area contributed by atoms with Crippen LogP contribution < -0.4 is 10.6 Å². The number of carbonyl (C=O) groups is 4. The molecule has 3 atom stereocenters. The second-order valence-corrected chi connectivity index (χ2v) is 10.1. The Balaban J connectivity index is 1.67. The summed E-state index contributed by atoms with van der Waals surface area (Å²) >= 11 is 0. The smallest absolute Gasteiger partial charge is 0.445 e. The number of Topliss-reactive ketones (excluding diaryl/α,β-unsaturated/α-hetero) is 1. The third-order valence-electron chi connectivity index (χ3n) is 6.39. The van der Waals surface area contributed by atoms with Gasteiger partial charge in [-0.25, -0.2) is 4.79 Å². The number of hydrogen-bond donors (Lipinski definition) is 2. The Morgan fingerprint density at radius 2 is 1.70 bits per heavy atom. The van der Waals surface area contributed by atoms with Crippen LogP contribution in [-0.4, -0.2) is 63.4 Å². The van der Waals surface area contributed by atoms with Crippen LogP contribution in [0.5, 0.6) is 0 Å². The predicted molar refractivity (Wildman–Crippen MR) is 134 cm³/mol. The summed E-state index contributed by atoms with van der Waals surface area (Å²) in [6, 6.07) is 5.79. The van der Waals surface area contributed by atoms with Crippen molar-refractivity contribution in [1.82, 2.24) is 25.7 Å². The van der Waals surface area contributed by atoms with Gasteiger partial charge in [0, 0.05) is 6.54 Å². The highest BCUT2D eigenvalue weighted by atomic mass is 19.4. The lowest BCUT2D eigenvalue weighted by atomic mass is 9.98. The lowest BCUT2D eigenvalue weighted by Crippen LogP contribution is -2.57. The fourth-order valence-corrected chi connectivity index (χ4v) is 4.25. The van der Waals surface area contributed by atoms with Crippen molar-refractivity contribution in [3.05, 3.63) is 47.6 Å². The Morgan fingerprint density at radius 1 is 1.05 bits per heavy atom. The van der Waals surface area contributed by atoms with Crippen molar-refractivity contribution in [2.24, 2.45) is 11.8 Å². The topological polar surface area (TPSA) is 144 Å². The first-order chi connectivity index (χ1) is 18.8. The molecular formula is C26H32F3N5O6. The van der Waals surface area contributed by atoms with Crippen LogP contribution in [0.25, 0.3) is 0 Å². The average molecular weight is 568 g/mol. The molecule has 0 radical (unpaired) electrons. The highest BCUT2D eigenvalue weighted by Gasteiger charge is 2.42. The number of alkyl carbamates (subject to hydrolysis) is 1. The number of rotatable bonds is 10. The van der Waals surface area contributed by atoms with Gasteiger partial charge in [0.25, 0.3) is 0 Å². The molecule has 2 aromatic rings. The van der Waals surface area contributed by atoms with E-state index >= 15 is 0 Å². The normalized spacial score (nSPS) is 17.0. The zero-order chi connectivity index (χ0) is 29.6. The number of carbonyl (C=O) groups excluding carboxylic acids is 4. The first kappa shape index (κ1) is 30.6. The molecule has 0 spiro atoms. The van der Waals surface area contributed by atoms with E-state index in [-0.39, 0.29) is 19.1 Å². The van der Waals surface area contributed by atoms with Gasteiger partial charge in [0.05, 0.1) is 6.04 Å².